The van der Waals surface area contributed by atoms with Crippen molar-refractivity contribution in [1.82, 2.24) is 4.98 Å². The number of ether oxygens (including phenoxy) is 1. The first-order valence-corrected chi connectivity index (χ1v) is 9.96. The van der Waals surface area contributed by atoms with Gasteiger partial charge in [-0.05, 0) is 68.3 Å². The van der Waals surface area contributed by atoms with E-state index in [1.165, 1.54) is 6.92 Å². The highest BCUT2D eigenvalue weighted by molar-refractivity contribution is 6.00. The number of nitrogens with one attached hydrogen (secondary N) is 1. The van der Waals surface area contributed by atoms with E-state index in [2.05, 4.69) is 10.3 Å². The molecule has 0 aliphatic carbocycles. The smallest absolute Gasteiger partial charge is 0.339 e. The number of esters is 1. The van der Waals surface area contributed by atoms with Crippen molar-refractivity contribution in [2.75, 3.05) is 5.32 Å². The first-order chi connectivity index (χ1) is 14.9. The van der Waals surface area contributed by atoms with Gasteiger partial charge in [0.05, 0.1) is 11.1 Å². The van der Waals surface area contributed by atoms with Crippen molar-refractivity contribution < 1.29 is 18.7 Å². The van der Waals surface area contributed by atoms with Gasteiger partial charge in [0.1, 0.15) is 5.52 Å². The van der Waals surface area contributed by atoms with Gasteiger partial charge in [0, 0.05) is 5.69 Å². The molecule has 1 unspecified atom stereocenters. The van der Waals surface area contributed by atoms with Crippen LogP contribution in [0.3, 0.4) is 0 Å². The van der Waals surface area contributed by atoms with Gasteiger partial charge in [0.2, 0.25) is 5.89 Å². The lowest BCUT2D eigenvalue weighted by Crippen LogP contribution is -2.30. The monoisotopic (exact) mass is 414 g/mol. The minimum atomic E-state index is -0.981. The lowest BCUT2D eigenvalue weighted by atomic mass is 10.1. The van der Waals surface area contributed by atoms with Crippen LogP contribution in [0, 0.1) is 13.8 Å². The predicted molar refractivity (Wildman–Crippen MR) is 119 cm³/mol. The third-order valence-corrected chi connectivity index (χ3v) is 5.10. The Morgan fingerprint density at radius 1 is 0.968 bits per heavy atom. The van der Waals surface area contributed by atoms with Crippen LogP contribution in [0.2, 0.25) is 0 Å². The molecule has 0 spiro atoms. The number of carbonyl (C=O) groups excluding carboxylic acids is 2. The lowest BCUT2D eigenvalue weighted by molar-refractivity contribution is -0.123. The number of aromatic nitrogens is 1. The highest BCUT2D eigenvalue weighted by Crippen LogP contribution is 2.27. The van der Waals surface area contributed by atoms with Gasteiger partial charge in [-0.25, -0.2) is 9.78 Å². The van der Waals surface area contributed by atoms with Gasteiger partial charge in [-0.3, -0.25) is 4.79 Å². The van der Waals surface area contributed by atoms with Crippen LogP contribution in [-0.4, -0.2) is 23.0 Å². The standard InChI is InChI=1S/C25H22N2O4/c1-15-12-13-18(14-16(15)2)26-23(28)17(3)30-25(29)20-9-5-4-8-19(20)24-27-21-10-6-7-11-22(21)31-24/h4-14,17H,1-3H3,(H,26,28). The average Bonchev–Trinajstić information content (AvgIpc) is 3.20. The summed E-state index contributed by atoms with van der Waals surface area (Å²) in [5, 5.41) is 2.78. The van der Waals surface area contributed by atoms with Crippen LogP contribution >= 0.6 is 0 Å². The Labute approximate surface area is 179 Å². The third-order valence-electron chi connectivity index (χ3n) is 5.10. The first-order valence-electron chi connectivity index (χ1n) is 9.96. The summed E-state index contributed by atoms with van der Waals surface area (Å²) in [4.78, 5) is 29.8. The highest BCUT2D eigenvalue weighted by atomic mass is 16.5. The molecule has 3 aromatic carbocycles. The number of aryl methyl sites for hydroxylation is 2. The van der Waals surface area contributed by atoms with Gasteiger partial charge in [-0.1, -0.05) is 30.3 Å². The fourth-order valence-corrected chi connectivity index (χ4v) is 3.18. The second-order valence-corrected chi connectivity index (χ2v) is 7.37. The zero-order chi connectivity index (χ0) is 22.0. The van der Waals surface area contributed by atoms with Crippen molar-refractivity contribution in [3.63, 3.8) is 0 Å². The molecular formula is C25H22N2O4. The summed E-state index contributed by atoms with van der Waals surface area (Å²) in [5.74, 6) is -0.711. The van der Waals surface area contributed by atoms with Gasteiger partial charge in [-0.15, -0.1) is 0 Å². The largest absolute Gasteiger partial charge is 0.449 e. The van der Waals surface area contributed by atoms with Crippen LogP contribution in [0.25, 0.3) is 22.6 Å². The number of hydrogen-bond acceptors (Lipinski definition) is 5. The topological polar surface area (TPSA) is 81.4 Å². The molecule has 4 rings (SSSR count). The number of rotatable bonds is 5. The number of benzene rings is 3. The van der Waals surface area contributed by atoms with E-state index in [0.29, 0.717) is 28.2 Å². The summed E-state index contributed by atoms with van der Waals surface area (Å²) in [5.41, 5.74) is 4.96. The van der Waals surface area contributed by atoms with Crippen molar-refractivity contribution in [2.45, 2.75) is 26.9 Å². The van der Waals surface area contributed by atoms with Crippen LogP contribution < -0.4 is 5.32 Å². The van der Waals surface area contributed by atoms with E-state index in [1.54, 1.807) is 24.3 Å². The zero-order valence-corrected chi connectivity index (χ0v) is 17.5. The lowest BCUT2D eigenvalue weighted by Gasteiger charge is -2.15. The average molecular weight is 414 g/mol. The number of hydrogen-bond donors (Lipinski definition) is 1. The molecule has 0 fully saturated rings. The predicted octanol–water partition coefficient (Wildman–Crippen LogP) is 5.30. The molecule has 6 nitrogen and oxygen atoms in total. The number of anilines is 1. The van der Waals surface area contributed by atoms with Crippen LogP contribution in [0.1, 0.15) is 28.4 Å². The Hall–Kier alpha value is -3.93. The van der Waals surface area contributed by atoms with Gasteiger partial charge in [-0.2, -0.15) is 0 Å². The molecule has 0 aliphatic rings. The second kappa shape index (κ2) is 8.44. The summed E-state index contributed by atoms with van der Waals surface area (Å²) in [7, 11) is 0. The van der Waals surface area contributed by atoms with Gasteiger partial charge >= 0.3 is 5.97 Å². The number of fused-ring (bicyclic) bond motifs is 1. The van der Waals surface area contributed by atoms with Crippen LogP contribution in [0.5, 0.6) is 0 Å². The summed E-state index contributed by atoms with van der Waals surface area (Å²) >= 11 is 0. The fraction of sp³-hybridized carbons (Fsp3) is 0.160. The summed E-state index contributed by atoms with van der Waals surface area (Å²) in [6, 6.07) is 19.9. The Morgan fingerprint density at radius 2 is 1.71 bits per heavy atom. The van der Waals surface area contributed by atoms with E-state index in [0.717, 1.165) is 11.1 Å². The molecule has 31 heavy (non-hydrogen) atoms. The van der Waals surface area contributed by atoms with Gasteiger partial charge in [0.15, 0.2) is 11.7 Å². The van der Waals surface area contributed by atoms with Crippen LogP contribution in [-0.2, 0) is 9.53 Å². The van der Waals surface area contributed by atoms with Crippen molar-refractivity contribution in [1.29, 1.82) is 0 Å². The third kappa shape index (κ3) is 4.33. The van der Waals surface area contributed by atoms with Crippen LogP contribution in [0.4, 0.5) is 5.69 Å². The van der Waals surface area contributed by atoms with Crippen molar-refractivity contribution in [3.05, 3.63) is 83.4 Å². The highest BCUT2D eigenvalue weighted by Gasteiger charge is 2.23. The van der Waals surface area contributed by atoms with Crippen molar-refractivity contribution in [3.8, 4) is 11.5 Å². The number of nitrogens with zero attached hydrogens (tertiary/aromatic N) is 1. The van der Waals surface area contributed by atoms with E-state index < -0.39 is 18.0 Å². The van der Waals surface area contributed by atoms with E-state index in [4.69, 9.17) is 9.15 Å². The minimum Gasteiger partial charge on any atom is -0.449 e. The fourth-order valence-electron chi connectivity index (χ4n) is 3.18. The molecule has 1 aromatic heterocycles. The normalized spacial score (nSPS) is 11.8. The summed E-state index contributed by atoms with van der Waals surface area (Å²) in [6.45, 7) is 5.51. The SMILES string of the molecule is Cc1ccc(NC(=O)C(C)OC(=O)c2ccccc2-c2nc3ccccc3o2)cc1C. The van der Waals surface area contributed by atoms with Crippen LogP contribution in [0.15, 0.2) is 71.1 Å². The number of oxazole rings is 1. The number of amides is 1. The molecular weight excluding hydrogens is 392 g/mol. The Balaban J connectivity index is 1.52. The molecule has 4 aromatic rings. The van der Waals surface area contributed by atoms with E-state index in [1.807, 2.05) is 56.3 Å². The first kappa shape index (κ1) is 20.3. The maximum atomic E-state index is 12.8. The minimum absolute atomic E-state index is 0.278. The molecule has 0 bridgehead atoms. The van der Waals surface area contributed by atoms with E-state index >= 15 is 0 Å². The zero-order valence-electron chi connectivity index (χ0n) is 17.5. The maximum Gasteiger partial charge on any atom is 0.339 e. The van der Waals surface area contributed by atoms with Gasteiger partial charge in [0.25, 0.3) is 5.91 Å². The Kier molecular flexibility index (Phi) is 5.54. The molecule has 156 valence electrons. The summed E-state index contributed by atoms with van der Waals surface area (Å²) < 4.78 is 11.2. The molecule has 0 aliphatic heterocycles. The van der Waals surface area contributed by atoms with Gasteiger partial charge < -0.3 is 14.5 Å². The Morgan fingerprint density at radius 3 is 2.48 bits per heavy atom. The second-order valence-electron chi connectivity index (χ2n) is 7.37. The van der Waals surface area contributed by atoms with E-state index in [-0.39, 0.29) is 5.56 Å². The van der Waals surface area contributed by atoms with Crippen molar-refractivity contribution in [2.24, 2.45) is 0 Å². The number of para-hydroxylation sites is 2. The quantitative estimate of drug-likeness (QED) is 0.449. The molecule has 1 N–H and O–H groups in total. The summed E-state index contributed by atoms with van der Waals surface area (Å²) in [6.07, 6.45) is -0.981. The van der Waals surface area contributed by atoms with E-state index in [9.17, 15) is 9.59 Å². The molecule has 0 saturated heterocycles. The molecule has 6 heteroatoms. The maximum absolute atomic E-state index is 12.8. The molecule has 0 radical (unpaired) electrons. The molecule has 0 saturated carbocycles. The van der Waals surface area contributed by atoms with Crippen molar-refractivity contribution >= 4 is 28.7 Å². The molecule has 1 heterocycles. The Bertz CT molecular complexity index is 1240. The molecule has 1 atom stereocenters. The number of carbonyl (C=O) groups is 2. The molecule has 1 amide bonds.